The van der Waals surface area contributed by atoms with Crippen molar-refractivity contribution >= 4 is 17.1 Å². The van der Waals surface area contributed by atoms with Crippen LogP contribution in [0.15, 0.2) is 5.38 Å². The Morgan fingerprint density at radius 3 is 3.18 bits per heavy atom. The van der Waals surface area contributed by atoms with E-state index in [9.17, 15) is 5.11 Å². The van der Waals surface area contributed by atoms with Crippen molar-refractivity contribution in [2.75, 3.05) is 0 Å². The van der Waals surface area contributed by atoms with E-state index in [0.717, 1.165) is 17.5 Å². The van der Waals surface area contributed by atoms with E-state index in [1.54, 1.807) is 11.3 Å². The van der Waals surface area contributed by atoms with Gasteiger partial charge in [-0.05, 0) is 0 Å². The first-order valence-electron chi connectivity index (χ1n) is 3.67. The molecular formula is C8H10NOS+. The monoisotopic (exact) mass is 168 g/mol. The summed E-state index contributed by atoms with van der Waals surface area (Å²) >= 11 is 1.60. The summed E-state index contributed by atoms with van der Waals surface area (Å²) < 4.78 is 3.05. The molecule has 1 aliphatic rings. The van der Waals surface area contributed by atoms with Crippen molar-refractivity contribution in [2.24, 2.45) is 0 Å². The molecule has 0 saturated heterocycles. The van der Waals surface area contributed by atoms with Crippen molar-refractivity contribution in [3.05, 3.63) is 22.0 Å². The lowest BCUT2D eigenvalue weighted by Gasteiger charge is -1.93. The van der Waals surface area contributed by atoms with Crippen LogP contribution < -0.4 is 8.91 Å². The summed E-state index contributed by atoms with van der Waals surface area (Å²) in [5, 5.41) is 11.5. The highest BCUT2D eigenvalue weighted by atomic mass is 32.1. The third kappa shape index (κ3) is 0.959. The Labute approximate surface area is 68.8 Å². The van der Waals surface area contributed by atoms with Crippen LogP contribution in [0.2, 0.25) is 0 Å². The van der Waals surface area contributed by atoms with Crippen molar-refractivity contribution < 1.29 is 9.35 Å². The van der Waals surface area contributed by atoms with Gasteiger partial charge in [0.1, 0.15) is 0 Å². The molecule has 3 heteroatoms. The quantitative estimate of drug-likeness (QED) is 0.570. The first-order chi connectivity index (χ1) is 5.29. The van der Waals surface area contributed by atoms with Crippen LogP contribution in [0.3, 0.4) is 0 Å². The molecule has 0 amide bonds. The van der Waals surface area contributed by atoms with Crippen LogP contribution in [0.5, 0.6) is 0 Å². The van der Waals surface area contributed by atoms with Gasteiger partial charge in [-0.25, -0.2) is 0 Å². The van der Waals surface area contributed by atoms with Crippen molar-refractivity contribution in [1.29, 1.82) is 0 Å². The molecule has 1 aromatic rings. The lowest BCUT2D eigenvalue weighted by atomic mass is 10.2. The molecule has 2 nitrogen and oxygen atoms in total. The molecule has 0 fully saturated rings. The van der Waals surface area contributed by atoms with E-state index in [0.29, 0.717) is 5.76 Å². The standard InChI is InChI=1S/C8H9NOS/c1-6-5-11-8-7(10)3-2-4-9(6)8/h4-5H,2-3H2,1H3/p+1. The molecule has 2 rings (SSSR count). The second kappa shape index (κ2) is 2.34. The predicted molar refractivity (Wildman–Crippen MR) is 43.8 cm³/mol. The summed E-state index contributed by atoms with van der Waals surface area (Å²) in [6.07, 6.45) is 3.86. The molecule has 0 bridgehead atoms. The first-order valence-corrected chi connectivity index (χ1v) is 4.55. The van der Waals surface area contributed by atoms with Crippen molar-refractivity contribution in [3.8, 4) is 0 Å². The minimum absolute atomic E-state index is 0.533. The fraction of sp³-hybridized carbons (Fsp3) is 0.375. The van der Waals surface area contributed by atoms with Gasteiger partial charge in [0.05, 0.1) is 5.38 Å². The Morgan fingerprint density at radius 1 is 1.64 bits per heavy atom. The molecule has 0 saturated carbocycles. The fourth-order valence-corrected chi connectivity index (χ4v) is 2.25. The van der Waals surface area contributed by atoms with Gasteiger partial charge >= 0.3 is 4.66 Å². The molecule has 0 radical (unpaired) electrons. The number of fused-ring (bicyclic) bond motifs is 1. The molecule has 11 heavy (non-hydrogen) atoms. The number of hydrogen-bond donors (Lipinski definition) is 1. The molecule has 58 valence electrons. The van der Waals surface area contributed by atoms with Crippen molar-refractivity contribution in [3.63, 3.8) is 0 Å². The lowest BCUT2D eigenvalue weighted by molar-refractivity contribution is -0.530. The molecule has 0 aliphatic carbocycles. The topological polar surface area (TPSA) is 26.1 Å². The van der Waals surface area contributed by atoms with Crippen LogP contribution in [0, 0.1) is 13.1 Å². The highest BCUT2D eigenvalue weighted by Gasteiger charge is 2.13. The average molecular weight is 168 g/mol. The maximum absolute atomic E-state index is 9.46. The second-order valence-electron chi connectivity index (χ2n) is 2.72. The number of aryl methyl sites for hydroxylation is 1. The molecule has 2 heterocycles. The SMILES string of the molecule is Cc1csc2[n+]1=CCCC=2O. The molecule has 1 N–H and O–H groups in total. The normalized spacial score (nSPS) is 15.9. The Morgan fingerprint density at radius 2 is 2.45 bits per heavy atom. The van der Waals surface area contributed by atoms with E-state index in [1.807, 2.05) is 0 Å². The summed E-state index contributed by atoms with van der Waals surface area (Å²) in [7, 11) is 0. The third-order valence-electron chi connectivity index (χ3n) is 1.88. The Bertz CT molecular complexity index is 391. The fourth-order valence-electron chi connectivity index (χ4n) is 1.29. The first kappa shape index (κ1) is 6.85. The van der Waals surface area contributed by atoms with Crippen LogP contribution >= 0.6 is 11.3 Å². The zero-order valence-electron chi connectivity index (χ0n) is 6.37. The van der Waals surface area contributed by atoms with Crippen LogP contribution in [0.1, 0.15) is 18.5 Å². The van der Waals surface area contributed by atoms with E-state index in [1.165, 1.54) is 5.69 Å². The van der Waals surface area contributed by atoms with Gasteiger partial charge in [-0.15, -0.1) is 0 Å². The summed E-state index contributed by atoms with van der Waals surface area (Å²) in [5.41, 5.74) is 1.20. The molecule has 0 atom stereocenters. The van der Waals surface area contributed by atoms with E-state index in [4.69, 9.17) is 0 Å². The average Bonchev–Trinajstić information content (AvgIpc) is 2.35. The van der Waals surface area contributed by atoms with Crippen LogP contribution in [-0.4, -0.2) is 5.11 Å². The third-order valence-corrected chi connectivity index (χ3v) is 2.99. The van der Waals surface area contributed by atoms with Crippen LogP contribution in [0.25, 0.3) is 5.76 Å². The van der Waals surface area contributed by atoms with Crippen molar-refractivity contribution in [2.45, 2.75) is 19.8 Å². The minimum atomic E-state index is 0.533. The molecular weight excluding hydrogens is 158 g/mol. The van der Waals surface area contributed by atoms with Gasteiger partial charge in [0, 0.05) is 19.8 Å². The zero-order chi connectivity index (χ0) is 7.84. The maximum atomic E-state index is 9.46. The van der Waals surface area contributed by atoms with Crippen LogP contribution in [-0.2, 0) is 0 Å². The van der Waals surface area contributed by atoms with E-state index in [2.05, 4.69) is 22.8 Å². The number of aromatic nitrogens is 1. The number of rotatable bonds is 0. The molecule has 0 unspecified atom stereocenters. The summed E-state index contributed by atoms with van der Waals surface area (Å²) in [4.78, 5) is 0. The number of thiazole rings is 1. The lowest BCUT2D eigenvalue weighted by Crippen LogP contribution is -2.38. The van der Waals surface area contributed by atoms with Gasteiger partial charge in [0.15, 0.2) is 17.7 Å². The van der Waals surface area contributed by atoms with Crippen LogP contribution in [0.4, 0.5) is 0 Å². The van der Waals surface area contributed by atoms with Gasteiger partial charge in [-0.2, -0.15) is 4.24 Å². The highest BCUT2D eigenvalue weighted by Crippen LogP contribution is 2.04. The largest absolute Gasteiger partial charge is 0.505 e. The van der Waals surface area contributed by atoms with Crippen molar-refractivity contribution in [1.82, 2.24) is 0 Å². The highest BCUT2D eigenvalue weighted by molar-refractivity contribution is 7.07. The smallest absolute Gasteiger partial charge is 0.304 e. The zero-order valence-corrected chi connectivity index (χ0v) is 7.19. The molecule has 0 aromatic carbocycles. The number of aliphatic hydroxyl groups excluding tert-OH is 1. The minimum Gasteiger partial charge on any atom is -0.505 e. The maximum Gasteiger partial charge on any atom is 0.304 e. The Balaban J connectivity index is 2.92. The van der Waals surface area contributed by atoms with Gasteiger partial charge in [0.2, 0.25) is 0 Å². The number of aliphatic hydroxyl groups is 1. The molecule has 1 aliphatic heterocycles. The number of hydrogen-bond acceptors (Lipinski definition) is 2. The molecule has 1 aromatic heterocycles. The number of nitrogens with zero attached hydrogens (tertiary/aromatic N) is 1. The van der Waals surface area contributed by atoms with Gasteiger partial charge in [0.25, 0.3) is 0 Å². The van der Waals surface area contributed by atoms with Gasteiger partial charge in [-0.3, -0.25) is 0 Å². The predicted octanol–water partition coefficient (Wildman–Crippen LogP) is 0.814. The summed E-state index contributed by atoms with van der Waals surface area (Å²) in [6.45, 7) is 2.05. The Kier molecular flexibility index (Phi) is 1.46. The van der Waals surface area contributed by atoms with E-state index in [-0.39, 0.29) is 0 Å². The molecule has 0 spiro atoms. The Hall–Kier alpha value is -0.830. The van der Waals surface area contributed by atoms with Gasteiger partial charge < -0.3 is 5.11 Å². The summed E-state index contributed by atoms with van der Waals surface area (Å²) in [5.74, 6) is 0.533. The van der Waals surface area contributed by atoms with E-state index < -0.39 is 0 Å². The van der Waals surface area contributed by atoms with E-state index >= 15 is 0 Å². The van der Waals surface area contributed by atoms with Gasteiger partial charge in [-0.1, -0.05) is 11.3 Å². The second-order valence-corrected chi connectivity index (χ2v) is 3.58. The summed E-state index contributed by atoms with van der Waals surface area (Å²) in [6, 6.07) is 0.